The molecular formula is C35H25N. The highest BCUT2D eigenvalue weighted by atomic mass is 14.9. The Hall–Kier alpha value is -4.36. The topological polar surface area (TPSA) is 12.0 Å². The number of benzene rings is 5. The Morgan fingerprint density at radius 2 is 1.36 bits per heavy atom. The SMILES string of the molecule is C1=CC2c3ccc4ccccc4c3C3(c4ccccc4-c4ccc(Nc5ccccc5)cc43)C2C=C1. The Bertz CT molecular complexity index is 1730. The quantitative estimate of drug-likeness (QED) is 0.278. The molecule has 0 saturated heterocycles. The third kappa shape index (κ3) is 2.50. The molecule has 0 radical (unpaired) electrons. The van der Waals surface area contributed by atoms with Crippen molar-refractivity contribution in [3.05, 3.63) is 156 Å². The lowest BCUT2D eigenvalue weighted by Gasteiger charge is -2.36. The lowest BCUT2D eigenvalue weighted by molar-refractivity contribution is 0.467. The second-order valence-electron chi connectivity index (χ2n) is 10.2. The van der Waals surface area contributed by atoms with Crippen molar-refractivity contribution in [2.75, 3.05) is 5.32 Å². The molecule has 3 aliphatic rings. The van der Waals surface area contributed by atoms with Gasteiger partial charge in [-0.15, -0.1) is 0 Å². The first-order valence-electron chi connectivity index (χ1n) is 12.8. The zero-order valence-corrected chi connectivity index (χ0v) is 19.9. The van der Waals surface area contributed by atoms with Crippen LogP contribution in [0.1, 0.15) is 28.2 Å². The lowest BCUT2D eigenvalue weighted by atomic mass is 9.65. The van der Waals surface area contributed by atoms with Crippen LogP contribution in [0.25, 0.3) is 21.9 Å². The molecule has 1 N–H and O–H groups in total. The molecule has 170 valence electrons. The number of nitrogens with one attached hydrogen (secondary N) is 1. The van der Waals surface area contributed by atoms with Crippen molar-refractivity contribution in [3.8, 4) is 11.1 Å². The van der Waals surface area contributed by atoms with Crippen LogP contribution in [-0.2, 0) is 5.41 Å². The van der Waals surface area contributed by atoms with E-state index in [2.05, 4.69) is 139 Å². The molecular weight excluding hydrogens is 434 g/mol. The standard InChI is InChI=1S/C35H25N/c1-2-11-24(12-3-1)36-25-19-21-29-27-14-6-8-16-31(27)35(33(29)22-25)32-17-9-7-15-28(32)30-20-18-23-10-4-5-13-26(23)34(30)35/h1-22,28,32,36H. The van der Waals surface area contributed by atoms with E-state index in [1.54, 1.807) is 0 Å². The molecule has 3 unspecified atom stereocenters. The van der Waals surface area contributed by atoms with Crippen LogP contribution in [0, 0.1) is 5.92 Å². The highest BCUT2D eigenvalue weighted by Crippen LogP contribution is 2.66. The summed E-state index contributed by atoms with van der Waals surface area (Å²) in [5.74, 6) is 0.692. The van der Waals surface area contributed by atoms with E-state index in [4.69, 9.17) is 0 Å². The number of anilines is 2. The van der Waals surface area contributed by atoms with Crippen molar-refractivity contribution in [2.45, 2.75) is 11.3 Å². The lowest BCUT2D eigenvalue weighted by Crippen LogP contribution is -2.33. The summed E-state index contributed by atoms with van der Waals surface area (Å²) in [4.78, 5) is 0. The first-order chi connectivity index (χ1) is 17.9. The minimum Gasteiger partial charge on any atom is -0.356 e. The summed E-state index contributed by atoms with van der Waals surface area (Å²) in [6.45, 7) is 0. The van der Waals surface area contributed by atoms with Crippen LogP contribution in [0.5, 0.6) is 0 Å². The van der Waals surface area contributed by atoms with Gasteiger partial charge in [-0.1, -0.05) is 109 Å². The van der Waals surface area contributed by atoms with Crippen LogP contribution < -0.4 is 5.32 Å². The monoisotopic (exact) mass is 459 g/mol. The number of para-hydroxylation sites is 1. The van der Waals surface area contributed by atoms with Crippen molar-refractivity contribution >= 4 is 22.1 Å². The van der Waals surface area contributed by atoms with Gasteiger partial charge in [0.25, 0.3) is 0 Å². The smallest absolute Gasteiger partial charge is 0.0544 e. The van der Waals surface area contributed by atoms with Crippen LogP contribution >= 0.6 is 0 Å². The molecule has 1 nitrogen and oxygen atoms in total. The third-order valence-electron chi connectivity index (χ3n) is 8.50. The molecule has 3 aliphatic carbocycles. The van der Waals surface area contributed by atoms with E-state index in [-0.39, 0.29) is 5.41 Å². The Kier molecular flexibility index (Phi) is 4.05. The van der Waals surface area contributed by atoms with E-state index in [0.717, 1.165) is 11.4 Å². The van der Waals surface area contributed by atoms with Crippen molar-refractivity contribution < 1.29 is 0 Å². The summed E-state index contributed by atoms with van der Waals surface area (Å²) in [7, 11) is 0. The molecule has 5 aromatic carbocycles. The predicted molar refractivity (Wildman–Crippen MR) is 150 cm³/mol. The molecule has 5 aromatic rings. The van der Waals surface area contributed by atoms with Gasteiger partial charge in [-0.3, -0.25) is 0 Å². The van der Waals surface area contributed by atoms with Crippen LogP contribution in [0.3, 0.4) is 0 Å². The highest BCUT2D eigenvalue weighted by Gasteiger charge is 2.57. The van der Waals surface area contributed by atoms with Crippen molar-refractivity contribution in [1.29, 1.82) is 0 Å². The molecule has 0 amide bonds. The Labute approximate surface area is 211 Å². The second-order valence-corrected chi connectivity index (χ2v) is 10.2. The van der Waals surface area contributed by atoms with Gasteiger partial charge >= 0.3 is 0 Å². The van der Waals surface area contributed by atoms with Crippen LogP contribution in [-0.4, -0.2) is 0 Å². The van der Waals surface area contributed by atoms with Crippen LogP contribution in [0.4, 0.5) is 11.4 Å². The van der Waals surface area contributed by atoms with Gasteiger partial charge in [-0.25, -0.2) is 0 Å². The average molecular weight is 460 g/mol. The second kappa shape index (κ2) is 7.32. The molecule has 8 rings (SSSR count). The molecule has 0 saturated carbocycles. The van der Waals surface area contributed by atoms with Gasteiger partial charge in [0.15, 0.2) is 0 Å². The van der Waals surface area contributed by atoms with Gasteiger partial charge in [0, 0.05) is 23.2 Å². The number of rotatable bonds is 2. The fourth-order valence-corrected chi connectivity index (χ4v) is 7.20. The van der Waals surface area contributed by atoms with Gasteiger partial charge in [0.1, 0.15) is 0 Å². The molecule has 36 heavy (non-hydrogen) atoms. The van der Waals surface area contributed by atoms with Gasteiger partial charge in [-0.2, -0.15) is 0 Å². The van der Waals surface area contributed by atoms with E-state index >= 15 is 0 Å². The van der Waals surface area contributed by atoms with Gasteiger partial charge in [-0.05, 0) is 68.4 Å². The molecule has 0 aromatic heterocycles. The van der Waals surface area contributed by atoms with Gasteiger partial charge in [0.2, 0.25) is 0 Å². The minimum atomic E-state index is -0.234. The summed E-state index contributed by atoms with van der Waals surface area (Å²) < 4.78 is 0. The molecule has 1 heteroatoms. The molecule has 1 spiro atoms. The minimum absolute atomic E-state index is 0.234. The van der Waals surface area contributed by atoms with Gasteiger partial charge in [0.05, 0.1) is 5.41 Å². The zero-order valence-electron chi connectivity index (χ0n) is 19.9. The molecule has 0 heterocycles. The summed E-state index contributed by atoms with van der Waals surface area (Å²) in [5.41, 5.74) is 10.5. The fraction of sp³-hybridized carbons (Fsp3) is 0.0857. The number of fused-ring (bicyclic) bond motifs is 12. The maximum atomic E-state index is 3.67. The summed E-state index contributed by atoms with van der Waals surface area (Å²) in [6, 6.07) is 40.2. The predicted octanol–water partition coefficient (Wildman–Crippen LogP) is 8.74. The van der Waals surface area contributed by atoms with E-state index in [1.165, 1.54) is 44.2 Å². The fourth-order valence-electron chi connectivity index (χ4n) is 7.20. The summed E-state index contributed by atoms with van der Waals surface area (Å²) >= 11 is 0. The van der Waals surface area contributed by atoms with Crippen molar-refractivity contribution in [1.82, 2.24) is 0 Å². The molecule has 0 aliphatic heterocycles. The van der Waals surface area contributed by atoms with Crippen LogP contribution in [0.15, 0.2) is 133 Å². The maximum Gasteiger partial charge on any atom is 0.0544 e. The van der Waals surface area contributed by atoms with Crippen molar-refractivity contribution in [2.24, 2.45) is 5.92 Å². The normalized spacial score (nSPS) is 22.3. The highest BCUT2D eigenvalue weighted by molar-refractivity contribution is 5.96. The average Bonchev–Trinajstić information content (AvgIpc) is 3.41. The first kappa shape index (κ1) is 19.9. The number of hydrogen-bond acceptors (Lipinski definition) is 1. The summed E-state index contributed by atoms with van der Waals surface area (Å²) in [6.07, 6.45) is 9.36. The van der Waals surface area contributed by atoms with E-state index in [0.29, 0.717) is 11.8 Å². The molecule has 0 bridgehead atoms. The Morgan fingerprint density at radius 1 is 0.583 bits per heavy atom. The largest absolute Gasteiger partial charge is 0.356 e. The third-order valence-corrected chi connectivity index (χ3v) is 8.50. The van der Waals surface area contributed by atoms with E-state index in [1.807, 2.05) is 0 Å². The maximum absolute atomic E-state index is 3.67. The summed E-state index contributed by atoms with van der Waals surface area (Å²) in [5, 5.41) is 6.35. The zero-order chi connectivity index (χ0) is 23.7. The molecule has 3 atom stereocenters. The molecule has 0 fully saturated rings. The Balaban J connectivity index is 1.48. The number of hydrogen-bond donors (Lipinski definition) is 1. The van der Waals surface area contributed by atoms with Crippen LogP contribution in [0.2, 0.25) is 0 Å². The first-order valence-corrected chi connectivity index (χ1v) is 12.8. The Morgan fingerprint density at radius 3 is 2.31 bits per heavy atom. The van der Waals surface area contributed by atoms with Gasteiger partial charge < -0.3 is 5.32 Å². The van der Waals surface area contributed by atoms with E-state index in [9.17, 15) is 0 Å². The number of allylic oxidation sites excluding steroid dienone is 4. The van der Waals surface area contributed by atoms with E-state index < -0.39 is 0 Å². The van der Waals surface area contributed by atoms with Crippen molar-refractivity contribution in [3.63, 3.8) is 0 Å².